The van der Waals surface area contributed by atoms with Crippen molar-refractivity contribution in [2.45, 2.75) is 38.5 Å². The van der Waals surface area contributed by atoms with Gasteiger partial charge in [-0.25, -0.2) is 10.2 Å². The Morgan fingerprint density at radius 3 is 2.08 bits per heavy atom. The molecule has 0 bridgehead atoms. The molecule has 10 nitrogen and oxygen atoms in total. The number of carbonyl (C=O) groups excluding carboxylic acids is 1. The van der Waals surface area contributed by atoms with Gasteiger partial charge in [0.25, 0.3) is 0 Å². The molecule has 1 aromatic carbocycles. The molecule has 1 N–H and O–H groups in total. The summed E-state index contributed by atoms with van der Waals surface area (Å²) in [5, 5.41) is 4.32. The zero-order valence-electron chi connectivity index (χ0n) is 20.5. The van der Waals surface area contributed by atoms with Gasteiger partial charge in [0, 0.05) is 31.7 Å². The van der Waals surface area contributed by atoms with E-state index in [2.05, 4.69) is 30.3 Å². The van der Waals surface area contributed by atoms with E-state index in [4.69, 9.17) is 14.1 Å². The third kappa shape index (κ3) is 5.64. The van der Waals surface area contributed by atoms with Crippen molar-refractivity contribution in [1.29, 1.82) is 0 Å². The number of piperidine rings is 2. The van der Waals surface area contributed by atoms with Gasteiger partial charge in [0.05, 0.1) is 18.9 Å². The summed E-state index contributed by atoms with van der Waals surface area (Å²) in [6.45, 7) is 3.84. The average molecular weight is 490 g/mol. The second-order valence-corrected chi connectivity index (χ2v) is 9.00. The Labute approximate surface area is 210 Å². The van der Waals surface area contributed by atoms with Crippen LogP contribution in [0.1, 0.15) is 54.6 Å². The fraction of sp³-hybridized carbons (Fsp3) is 0.423. The molecule has 2 aromatic heterocycles. The number of hydrogen-bond donors (Lipinski definition) is 1. The van der Waals surface area contributed by atoms with Gasteiger partial charge in [0.1, 0.15) is 11.5 Å². The first-order valence-electron chi connectivity index (χ1n) is 12.5. The Bertz CT molecular complexity index is 1160. The van der Waals surface area contributed by atoms with Crippen LogP contribution in [0.2, 0.25) is 0 Å². The maximum atomic E-state index is 11.6. The summed E-state index contributed by atoms with van der Waals surface area (Å²) >= 11 is 0. The fourth-order valence-corrected chi connectivity index (χ4v) is 4.49. The number of nitrogens with one attached hydrogen (secondary N) is 1. The van der Waals surface area contributed by atoms with E-state index in [-0.39, 0.29) is 5.97 Å². The van der Waals surface area contributed by atoms with E-state index in [0.717, 1.165) is 57.4 Å². The fourth-order valence-electron chi connectivity index (χ4n) is 4.49. The normalized spacial score (nSPS) is 16.4. The van der Waals surface area contributed by atoms with Crippen molar-refractivity contribution in [2.24, 2.45) is 5.10 Å². The summed E-state index contributed by atoms with van der Waals surface area (Å²) in [7, 11) is 1.36. The van der Waals surface area contributed by atoms with E-state index in [1.165, 1.54) is 20.0 Å². The number of methoxy groups -OCH3 is 1. The Morgan fingerprint density at radius 2 is 1.50 bits per heavy atom. The topological polar surface area (TPSA) is 109 Å². The average Bonchev–Trinajstić information content (AvgIpc) is 3.42. The molecule has 0 spiro atoms. The summed E-state index contributed by atoms with van der Waals surface area (Å²) in [6, 6.07) is 10.7. The molecule has 36 heavy (non-hydrogen) atoms. The number of hydrogen-bond acceptors (Lipinski definition) is 10. The van der Waals surface area contributed by atoms with E-state index in [9.17, 15) is 4.79 Å². The highest BCUT2D eigenvalue weighted by Gasteiger charge is 2.20. The van der Waals surface area contributed by atoms with Crippen molar-refractivity contribution in [2.75, 3.05) is 48.5 Å². The molecular weight excluding hydrogens is 458 g/mol. The molecule has 2 fully saturated rings. The molecule has 0 unspecified atom stereocenters. The first-order valence-corrected chi connectivity index (χ1v) is 12.5. The minimum Gasteiger partial charge on any atom is -0.465 e. The third-order valence-corrected chi connectivity index (χ3v) is 6.46. The number of rotatable bonds is 7. The number of benzene rings is 1. The minimum absolute atomic E-state index is 0.370. The molecule has 2 saturated heterocycles. The number of ether oxygens (including phenoxy) is 1. The van der Waals surface area contributed by atoms with Crippen molar-refractivity contribution in [3.8, 4) is 11.3 Å². The summed E-state index contributed by atoms with van der Waals surface area (Å²) < 4.78 is 10.6. The van der Waals surface area contributed by atoms with Crippen molar-refractivity contribution >= 4 is 30.0 Å². The van der Waals surface area contributed by atoms with Crippen molar-refractivity contribution in [1.82, 2.24) is 15.0 Å². The van der Waals surface area contributed by atoms with E-state index in [1.807, 2.05) is 24.3 Å². The van der Waals surface area contributed by atoms with Crippen LogP contribution in [0.4, 0.5) is 17.8 Å². The monoisotopic (exact) mass is 489 g/mol. The predicted octanol–water partition coefficient (Wildman–Crippen LogP) is 4.34. The second-order valence-electron chi connectivity index (χ2n) is 9.00. The van der Waals surface area contributed by atoms with E-state index < -0.39 is 0 Å². The van der Waals surface area contributed by atoms with Gasteiger partial charge < -0.3 is 19.0 Å². The minimum atomic E-state index is -0.370. The van der Waals surface area contributed by atoms with Gasteiger partial charge in [-0.1, -0.05) is 12.1 Å². The lowest BCUT2D eigenvalue weighted by Gasteiger charge is -2.30. The number of hydrazone groups is 1. The molecule has 5 rings (SSSR count). The zero-order chi connectivity index (χ0) is 24.7. The van der Waals surface area contributed by atoms with Crippen LogP contribution in [-0.4, -0.2) is 60.4 Å². The maximum absolute atomic E-state index is 11.6. The number of furan rings is 1. The molecule has 2 aliphatic heterocycles. The standard InChI is InChI=1S/C26H31N7O3/c1-35-23(34)20-10-8-19(9-11-20)22-13-12-21(36-22)18-27-31-24-28-25(32-14-4-2-5-15-32)30-26(29-24)33-16-6-3-7-17-33/h8-13,18H,2-7,14-17H2,1H3,(H,28,29,30,31)/b27-18+. The first-order chi connectivity index (χ1) is 17.7. The van der Waals surface area contributed by atoms with Crippen molar-refractivity contribution in [3.63, 3.8) is 0 Å². The molecular formula is C26H31N7O3. The summed E-state index contributed by atoms with van der Waals surface area (Å²) in [5.41, 5.74) is 4.31. The van der Waals surface area contributed by atoms with Gasteiger partial charge in [0.15, 0.2) is 0 Å². The number of nitrogens with zero attached hydrogens (tertiary/aromatic N) is 6. The molecule has 3 aromatic rings. The second kappa shape index (κ2) is 11.2. The van der Waals surface area contributed by atoms with Crippen LogP contribution in [0.25, 0.3) is 11.3 Å². The van der Waals surface area contributed by atoms with Crippen molar-refractivity contribution in [3.05, 3.63) is 47.7 Å². The van der Waals surface area contributed by atoms with Gasteiger partial charge >= 0.3 is 5.97 Å². The van der Waals surface area contributed by atoms with Crippen molar-refractivity contribution < 1.29 is 13.9 Å². The predicted molar refractivity (Wildman–Crippen MR) is 139 cm³/mol. The Morgan fingerprint density at radius 1 is 0.889 bits per heavy atom. The molecule has 10 heteroatoms. The SMILES string of the molecule is COC(=O)c1ccc(-c2ccc(/C=N/Nc3nc(N4CCCCC4)nc(N4CCCCC4)n3)o2)cc1. The Balaban J connectivity index is 1.30. The van der Waals surface area contributed by atoms with Crippen LogP contribution in [0.5, 0.6) is 0 Å². The smallest absolute Gasteiger partial charge is 0.337 e. The first kappa shape index (κ1) is 23.8. The molecule has 0 atom stereocenters. The van der Waals surface area contributed by atoms with Crippen LogP contribution in [0, 0.1) is 0 Å². The molecule has 0 amide bonds. The maximum Gasteiger partial charge on any atom is 0.337 e. The van der Waals surface area contributed by atoms with Gasteiger partial charge in [0.2, 0.25) is 17.8 Å². The molecule has 0 saturated carbocycles. The van der Waals surface area contributed by atoms with Crippen LogP contribution >= 0.6 is 0 Å². The van der Waals surface area contributed by atoms with Crippen LogP contribution in [-0.2, 0) is 4.74 Å². The zero-order valence-corrected chi connectivity index (χ0v) is 20.5. The lowest BCUT2D eigenvalue weighted by molar-refractivity contribution is 0.0600. The highest BCUT2D eigenvalue weighted by Crippen LogP contribution is 2.24. The molecule has 188 valence electrons. The Kier molecular flexibility index (Phi) is 7.39. The lowest BCUT2D eigenvalue weighted by atomic mass is 10.1. The summed E-state index contributed by atoms with van der Waals surface area (Å²) in [5.74, 6) is 2.72. The van der Waals surface area contributed by atoms with Gasteiger partial charge in [-0.3, -0.25) is 0 Å². The van der Waals surface area contributed by atoms with Crippen LogP contribution in [0.3, 0.4) is 0 Å². The van der Waals surface area contributed by atoms with Gasteiger partial charge in [-0.05, 0) is 62.8 Å². The number of anilines is 3. The number of carbonyl (C=O) groups is 1. The van der Waals surface area contributed by atoms with Crippen LogP contribution in [0.15, 0.2) is 45.9 Å². The molecule has 2 aliphatic rings. The third-order valence-electron chi connectivity index (χ3n) is 6.46. The van der Waals surface area contributed by atoms with Gasteiger partial charge in [-0.2, -0.15) is 20.1 Å². The number of esters is 1. The molecule has 4 heterocycles. The quantitative estimate of drug-likeness (QED) is 0.294. The van der Waals surface area contributed by atoms with Gasteiger partial charge in [-0.15, -0.1) is 0 Å². The Hall–Kier alpha value is -3.95. The molecule has 0 radical (unpaired) electrons. The van der Waals surface area contributed by atoms with E-state index in [1.54, 1.807) is 18.3 Å². The van der Waals surface area contributed by atoms with E-state index >= 15 is 0 Å². The lowest BCUT2D eigenvalue weighted by Crippen LogP contribution is -2.34. The largest absolute Gasteiger partial charge is 0.465 e. The highest BCUT2D eigenvalue weighted by atomic mass is 16.5. The van der Waals surface area contributed by atoms with Crippen LogP contribution < -0.4 is 15.2 Å². The number of aromatic nitrogens is 3. The van der Waals surface area contributed by atoms with E-state index in [0.29, 0.717) is 34.9 Å². The summed E-state index contributed by atoms with van der Waals surface area (Å²) in [6.07, 6.45) is 8.69. The molecule has 0 aliphatic carbocycles. The highest BCUT2D eigenvalue weighted by molar-refractivity contribution is 5.89. The summed E-state index contributed by atoms with van der Waals surface area (Å²) in [4.78, 5) is 30.2.